The van der Waals surface area contributed by atoms with Gasteiger partial charge >= 0.3 is 0 Å². The van der Waals surface area contributed by atoms with Gasteiger partial charge in [-0.2, -0.15) is 0 Å². The summed E-state index contributed by atoms with van der Waals surface area (Å²) < 4.78 is 0. The first-order valence-corrected chi connectivity index (χ1v) is 10.9. The molecule has 23 heavy (non-hydrogen) atoms. The Kier molecular flexibility index (Phi) is 3.75. The average Bonchev–Trinajstić information content (AvgIpc) is 2.80. The maximum absolute atomic E-state index is 11.9. The number of Topliss-reactive ketones (excluding diaryl/α,β-unsaturated/α-hetero) is 1. The number of carbonyl (C=O) groups is 1. The number of carbonyl (C=O) groups excluding carboxylic acids is 1. The Bertz CT molecular complexity index is 520. The van der Waals surface area contributed by atoms with Gasteiger partial charge in [-0.15, -0.1) is 11.8 Å². The topological polar surface area (TPSA) is 37.3 Å². The van der Waals surface area contributed by atoms with Crippen LogP contribution in [0, 0.1) is 34.5 Å². The van der Waals surface area contributed by atoms with E-state index in [1.807, 2.05) is 0 Å². The Balaban J connectivity index is 1.64. The summed E-state index contributed by atoms with van der Waals surface area (Å²) in [4.78, 5) is 11.4. The molecule has 2 unspecified atom stereocenters. The van der Waals surface area contributed by atoms with Crippen molar-refractivity contribution >= 4 is 17.5 Å². The van der Waals surface area contributed by atoms with E-state index >= 15 is 0 Å². The molecule has 0 aromatic heterocycles. The number of thioether (sulfide) groups is 1. The zero-order chi connectivity index (χ0) is 16.5. The predicted octanol–water partition coefficient (Wildman–Crippen LogP) is 4.65. The zero-order valence-electron chi connectivity index (χ0n) is 14.9. The van der Waals surface area contributed by atoms with Crippen molar-refractivity contribution in [2.75, 3.05) is 6.26 Å². The van der Waals surface area contributed by atoms with E-state index in [1.165, 1.54) is 32.1 Å². The van der Waals surface area contributed by atoms with E-state index in [2.05, 4.69) is 20.1 Å². The van der Waals surface area contributed by atoms with Crippen molar-refractivity contribution in [1.29, 1.82) is 0 Å². The highest BCUT2D eigenvalue weighted by Gasteiger charge is 2.64. The van der Waals surface area contributed by atoms with Crippen LogP contribution in [0.2, 0.25) is 0 Å². The van der Waals surface area contributed by atoms with Crippen molar-refractivity contribution in [3.63, 3.8) is 0 Å². The quantitative estimate of drug-likeness (QED) is 0.708. The molecular formula is C20H32O2S. The highest BCUT2D eigenvalue weighted by atomic mass is 32.2. The van der Waals surface area contributed by atoms with Crippen LogP contribution in [0.25, 0.3) is 0 Å². The van der Waals surface area contributed by atoms with Crippen LogP contribution in [-0.2, 0) is 4.79 Å². The largest absolute Gasteiger partial charge is 0.379 e. The summed E-state index contributed by atoms with van der Waals surface area (Å²) in [7, 11) is 0. The second-order valence-corrected chi connectivity index (χ2v) is 10.5. The van der Waals surface area contributed by atoms with Crippen LogP contribution in [0.15, 0.2) is 0 Å². The fraction of sp³-hybridized carbons (Fsp3) is 0.950. The lowest BCUT2D eigenvalue weighted by atomic mass is 9.45. The second kappa shape index (κ2) is 5.24. The average molecular weight is 337 g/mol. The van der Waals surface area contributed by atoms with Gasteiger partial charge in [0, 0.05) is 18.3 Å². The Labute approximate surface area is 145 Å². The molecule has 2 nitrogen and oxygen atoms in total. The zero-order valence-corrected chi connectivity index (χ0v) is 15.8. The summed E-state index contributed by atoms with van der Waals surface area (Å²) >= 11 is 1.69. The second-order valence-electron chi connectivity index (χ2n) is 9.38. The summed E-state index contributed by atoms with van der Waals surface area (Å²) in [5, 5.41) is 11.2. The molecule has 130 valence electrons. The molecule has 0 amide bonds. The maximum atomic E-state index is 11.9. The molecule has 4 fully saturated rings. The van der Waals surface area contributed by atoms with Crippen molar-refractivity contribution in [2.24, 2.45) is 34.5 Å². The van der Waals surface area contributed by atoms with E-state index < -0.39 is 4.93 Å². The third-order valence-corrected chi connectivity index (χ3v) is 10.2. The molecule has 1 N–H and O–H groups in total. The van der Waals surface area contributed by atoms with Crippen LogP contribution in [0.3, 0.4) is 0 Å². The van der Waals surface area contributed by atoms with E-state index in [-0.39, 0.29) is 5.41 Å². The lowest BCUT2D eigenvalue weighted by Crippen LogP contribution is -2.55. The molecule has 3 heteroatoms. The van der Waals surface area contributed by atoms with Gasteiger partial charge in [0.25, 0.3) is 0 Å². The van der Waals surface area contributed by atoms with Gasteiger partial charge < -0.3 is 5.11 Å². The van der Waals surface area contributed by atoms with E-state index in [4.69, 9.17) is 0 Å². The Morgan fingerprint density at radius 1 is 1.04 bits per heavy atom. The molecule has 0 heterocycles. The predicted molar refractivity (Wildman–Crippen MR) is 95.2 cm³/mol. The first-order chi connectivity index (χ1) is 10.8. The molecule has 0 spiro atoms. The van der Waals surface area contributed by atoms with Gasteiger partial charge in [0.1, 0.15) is 10.7 Å². The van der Waals surface area contributed by atoms with E-state index in [9.17, 15) is 9.90 Å². The smallest absolute Gasteiger partial charge is 0.133 e. The van der Waals surface area contributed by atoms with E-state index in [1.54, 1.807) is 11.8 Å². The molecule has 4 aliphatic carbocycles. The van der Waals surface area contributed by atoms with Crippen molar-refractivity contribution < 1.29 is 9.90 Å². The van der Waals surface area contributed by atoms with Gasteiger partial charge in [-0.25, -0.2) is 0 Å². The molecule has 4 aliphatic rings. The van der Waals surface area contributed by atoms with Crippen LogP contribution < -0.4 is 0 Å². The van der Waals surface area contributed by atoms with Crippen LogP contribution in [0.4, 0.5) is 0 Å². The van der Waals surface area contributed by atoms with Gasteiger partial charge in [-0.3, -0.25) is 4.79 Å². The first kappa shape index (κ1) is 16.4. The molecule has 0 aromatic rings. The number of fused-ring (bicyclic) bond motifs is 5. The number of hydrogen-bond acceptors (Lipinski definition) is 3. The number of rotatable bonds is 1. The van der Waals surface area contributed by atoms with Gasteiger partial charge in [0.15, 0.2) is 0 Å². The van der Waals surface area contributed by atoms with Crippen LogP contribution in [0.1, 0.15) is 71.6 Å². The van der Waals surface area contributed by atoms with E-state index in [0.717, 1.165) is 37.5 Å². The van der Waals surface area contributed by atoms with Crippen LogP contribution in [-0.4, -0.2) is 22.1 Å². The minimum atomic E-state index is -0.511. The normalized spacial score (nSPS) is 55.9. The summed E-state index contributed by atoms with van der Waals surface area (Å²) in [5.41, 5.74) is 0.486. The van der Waals surface area contributed by atoms with E-state index in [0.29, 0.717) is 23.0 Å². The summed E-state index contributed by atoms with van der Waals surface area (Å²) in [6.45, 7) is 4.87. The van der Waals surface area contributed by atoms with Crippen molar-refractivity contribution in [3.8, 4) is 0 Å². The SMILES string of the molecule is CSC1(O)CC[C@H]2[C@@H]3CCC4CC(=O)CC[C@]4(C)[C@@H]3CC[C@@]21C. The van der Waals surface area contributed by atoms with Gasteiger partial charge in [0.2, 0.25) is 0 Å². The molecular weight excluding hydrogens is 304 g/mol. The standard InChI is InChI=1S/C20H32O2S/c1-18-9-6-14(21)12-13(18)4-5-15-16(18)7-10-19(2)17(15)8-11-20(19,22)23-3/h13,15-17,22H,4-12H2,1-3H3/t13?,15-,16-,17+,18+,19+,20?/m1/s1. The molecule has 0 radical (unpaired) electrons. The van der Waals surface area contributed by atoms with Crippen molar-refractivity contribution in [2.45, 2.75) is 76.6 Å². The lowest BCUT2D eigenvalue weighted by molar-refractivity contribution is -0.144. The monoisotopic (exact) mass is 336 g/mol. The highest BCUT2D eigenvalue weighted by molar-refractivity contribution is 7.99. The summed E-state index contributed by atoms with van der Waals surface area (Å²) in [6.07, 6.45) is 12.0. The fourth-order valence-corrected chi connectivity index (χ4v) is 8.40. The lowest BCUT2D eigenvalue weighted by Gasteiger charge is -2.60. The third kappa shape index (κ3) is 2.08. The third-order valence-electron chi connectivity index (χ3n) is 8.90. The number of ketones is 1. The van der Waals surface area contributed by atoms with Gasteiger partial charge in [-0.05, 0) is 80.3 Å². The molecule has 7 atom stereocenters. The van der Waals surface area contributed by atoms with Crippen LogP contribution in [0.5, 0.6) is 0 Å². The molecule has 4 rings (SSSR count). The van der Waals surface area contributed by atoms with Crippen molar-refractivity contribution in [1.82, 2.24) is 0 Å². The van der Waals surface area contributed by atoms with Crippen LogP contribution >= 0.6 is 11.8 Å². The Hall–Kier alpha value is -0.0200. The highest BCUT2D eigenvalue weighted by Crippen LogP contribution is 2.69. The number of aliphatic hydroxyl groups is 1. The fourth-order valence-electron chi connectivity index (χ4n) is 7.35. The number of hydrogen-bond donors (Lipinski definition) is 1. The molecule has 0 bridgehead atoms. The van der Waals surface area contributed by atoms with Crippen molar-refractivity contribution in [3.05, 3.63) is 0 Å². The molecule has 0 saturated heterocycles. The van der Waals surface area contributed by atoms with Gasteiger partial charge in [-0.1, -0.05) is 13.8 Å². The molecule has 0 aliphatic heterocycles. The molecule has 0 aromatic carbocycles. The summed E-state index contributed by atoms with van der Waals surface area (Å²) in [5.74, 6) is 3.40. The van der Waals surface area contributed by atoms with Gasteiger partial charge in [0.05, 0.1) is 0 Å². The summed E-state index contributed by atoms with van der Waals surface area (Å²) in [6, 6.07) is 0. The maximum Gasteiger partial charge on any atom is 0.133 e. The molecule has 4 saturated carbocycles. The Morgan fingerprint density at radius 3 is 2.52 bits per heavy atom. The Morgan fingerprint density at radius 2 is 1.78 bits per heavy atom. The minimum Gasteiger partial charge on any atom is -0.379 e. The first-order valence-electron chi connectivity index (χ1n) is 9.63. The minimum absolute atomic E-state index is 0.0985.